The number of carboxylic acids is 1. The van der Waals surface area contributed by atoms with Crippen LogP contribution in [0, 0.1) is 0 Å². The van der Waals surface area contributed by atoms with Gasteiger partial charge in [-0.3, -0.25) is 4.79 Å². The Balaban J connectivity index is 4.10. The van der Waals surface area contributed by atoms with Crippen molar-refractivity contribution in [2.24, 2.45) is 0 Å². The molecule has 0 aliphatic rings. The van der Waals surface area contributed by atoms with Crippen LogP contribution in [0.1, 0.15) is 27.2 Å². The summed E-state index contributed by atoms with van der Waals surface area (Å²) in [5.41, 5.74) is 0. The third-order valence-electron chi connectivity index (χ3n) is 1.67. The first-order valence-corrected chi connectivity index (χ1v) is 6.02. The summed E-state index contributed by atoms with van der Waals surface area (Å²) in [6.45, 7) is 9.47. The Morgan fingerprint density at radius 3 is 2.44 bits per heavy atom. The zero-order valence-corrected chi connectivity index (χ0v) is 10.8. The summed E-state index contributed by atoms with van der Waals surface area (Å²) < 4.78 is -0.00546. The van der Waals surface area contributed by atoms with Crippen molar-refractivity contribution < 1.29 is 14.7 Å². The SMILES string of the molecule is C=CCC(NC(=O)CSC(C)(C)C)C(=O)O. The highest BCUT2D eigenvalue weighted by atomic mass is 32.2. The normalized spacial score (nSPS) is 12.9. The van der Waals surface area contributed by atoms with Crippen LogP contribution in [-0.2, 0) is 9.59 Å². The average molecular weight is 245 g/mol. The Hall–Kier alpha value is -0.970. The van der Waals surface area contributed by atoms with E-state index in [0.717, 1.165) is 0 Å². The molecule has 0 fully saturated rings. The van der Waals surface area contributed by atoms with Gasteiger partial charge in [0.05, 0.1) is 5.75 Å². The number of carbonyl (C=O) groups excluding carboxylic acids is 1. The van der Waals surface area contributed by atoms with Crippen molar-refractivity contribution in [1.29, 1.82) is 0 Å². The minimum absolute atomic E-state index is 0.00546. The smallest absolute Gasteiger partial charge is 0.326 e. The summed E-state index contributed by atoms with van der Waals surface area (Å²) in [4.78, 5) is 22.2. The van der Waals surface area contributed by atoms with Crippen molar-refractivity contribution in [2.75, 3.05) is 5.75 Å². The van der Waals surface area contributed by atoms with Gasteiger partial charge in [-0.15, -0.1) is 18.3 Å². The molecule has 4 nitrogen and oxygen atoms in total. The molecule has 92 valence electrons. The molecule has 0 rings (SSSR count). The molecular formula is C11H19NO3S. The van der Waals surface area contributed by atoms with Gasteiger partial charge in [-0.25, -0.2) is 4.79 Å². The minimum atomic E-state index is -1.03. The second-order valence-electron chi connectivity index (χ2n) is 4.38. The van der Waals surface area contributed by atoms with Crippen LogP contribution >= 0.6 is 11.8 Å². The summed E-state index contributed by atoms with van der Waals surface area (Å²) in [5.74, 6) is -1.02. The maximum absolute atomic E-state index is 11.4. The molecule has 0 aromatic rings. The molecule has 0 saturated heterocycles. The highest BCUT2D eigenvalue weighted by Crippen LogP contribution is 2.22. The third kappa shape index (κ3) is 7.34. The molecule has 0 saturated carbocycles. The van der Waals surface area contributed by atoms with Crippen molar-refractivity contribution in [1.82, 2.24) is 5.32 Å². The van der Waals surface area contributed by atoms with E-state index in [-0.39, 0.29) is 22.8 Å². The van der Waals surface area contributed by atoms with Crippen LogP contribution in [0.5, 0.6) is 0 Å². The van der Waals surface area contributed by atoms with Crippen LogP contribution < -0.4 is 5.32 Å². The van der Waals surface area contributed by atoms with Gasteiger partial charge < -0.3 is 10.4 Å². The Bertz CT molecular complexity index is 271. The molecular weight excluding hydrogens is 226 g/mol. The first-order valence-electron chi connectivity index (χ1n) is 5.03. The van der Waals surface area contributed by atoms with Gasteiger partial charge in [0.25, 0.3) is 0 Å². The fourth-order valence-electron chi connectivity index (χ4n) is 0.906. The van der Waals surface area contributed by atoms with E-state index in [1.165, 1.54) is 17.8 Å². The van der Waals surface area contributed by atoms with Crippen molar-refractivity contribution in [3.63, 3.8) is 0 Å². The van der Waals surface area contributed by atoms with E-state index in [1.807, 2.05) is 20.8 Å². The van der Waals surface area contributed by atoms with E-state index >= 15 is 0 Å². The summed E-state index contributed by atoms with van der Waals surface area (Å²) in [5, 5.41) is 11.3. The summed E-state index contributed by atoms with van der Waals surface area (Å²) in [7, 11) is 0. The monoisotopic (exact) mass is 245 g/mol. The maximum atomic E-state index is 11.4. The summed E-state index contributed by atoms with van der Waals surface area (Å²) >= 11 is 1.48. The molecule has 0 aliphatic heterocycles. The topological polar surface area (TPSA) is 66.4 Å². The summed E-state index contributed by atoms with van der Waals surface area (Å²) in [6, 6.07) is -0.870. The van der Waals surface area contributed by atoms with Crippen LogP contribution in [0.3, 0.4) is 0 Å². The molecule has 0 aliphatic carbocycles. The third-order valence-corrected chi connectivity index (χ3v) is 2.94. The lowest BCUT2D eigenvalue weighted by atomic mass is 10.2. The van der Waals surface area contributed by atoms with Crippen molar-refractivity contribution >= 4 is 23.6 Å². The van der Waals surface area contributed by atoms with Crippen molar-refractivity contribution in [2.45, 2.75) is 38.0 Å². The number of hydrogen-bond donors (Lipinski definition) is 2. The van der Waals surface area contributed by atoms with E-state index in [2.05, 4.69) is 11.9 Å². The molecule has 1 unspecified atom stereocenters. The van der Waals surface area contributed by atoms with Crippen LogP contribution in [-0.4, -0.2) is 33.5 Å². The second-order valence-corrected chi connectivity index (χ2v) is 6.19. The molecule has 0 radical (unpaired) electrons. The van der Waals surface area contributed by atoms with Gasteiger partial charge in [0.2, 0.25) is 5.91 Å². The molecule has 2 N–H and O–H groups in total. The largest absolute Gasteiger partial charge is 0.480 e. The Kier molecular flexibility index (Phi) is 6.18. The standard InChI is InChI=1S/C11H19NO3S/c1-5-6-8(10(14)15)12-9(13)7-16-11(2,3)4/h5,8H,1,6-7H2,2-4H3,(H,12,13)(H,14,15). The molecule has 0 aromatic heterocycles. The van der Waals surface area contributed by atoms with Gasteiger partial charge in [0, 0.05) is 4.75 Å². The van der Waals surface area contributed by atoms with Crippen LogP contribution in [0.15, 0.2) is 12.7 Å². The molecule has 1 atom stereocenters. The van der Waals surface area contributed by atoms with Crippen molar-refractivity contribution in [3.8, 4) is 0 Å². The number of carboxylic acid groups (broad SMARTS) is 1. The number of nitrogens with one attached hydrogen (secondary N) is 1. The van der Waals surface area contributed by atoms with Crippen LogP contribution in [0.25, 0.3) is 0 Å². The van der Waals surface area contributed by atoms with Gasteiger partial charge in [-0.05, 0) is 6.42 Å². The number of carbonyl (C=O) groups is 2. The van der Waals surface area contributed by atoms with E-state index < -0.39 is 12.0 Å². The highest BCUT2D eigenvalue weighted by molar-refractivity contribution is 8.01. The quantitative estimate of drug-likeness (QED) is 0.698. The zero-order chi connectivity index (χ0) is 12.8. The van der Waals surface area contributed by atoms with E-state index in [0.29, 0.717) is 0 Å². The van der Waals surface area contributed by atoms with E-state index in [9.17, 15) is 9.59 Å². The molecule has 0 spiro atoms. The van der Waals surface area contributed by atoms with Gasteiger partial charge in [0.15, 0.2) is 0 Å². The molecule has 5 heteroatoms. The average Bonchev–Trinajstić information content (AvgIpc) is 2.13. The van der Waals surface area contributed by atoms with Gasteiger partial charge in [-0.2, -0.15) is 0 Å². The molecule has 0 bridgehead atoms. The zero-order valence-electron chi connectivity index (χ0n) is 9.95. The lowest BCUT2D eigenvalue weighted by Crippen LogP contribution is -2.41. The van der Waals surface area contributed by atoms with Crippen molar-refractivity contribution in [3.05, 3.63) is 12.7 Å². The molecule has 0 heterocycles. The van der Waals surface area contributed by atoms with Crippen LogP contribution in [0.2, 0.25) is 0 Å². The predicted octanol–water partition coefficient (Wildman–Crippen LogP) is 1.66. The molecule has 0 aromatic carbocycles. The lowest BCUT2D eigenvalue weighted by molar-refractivity contribution is -0.141. The molecule has 16 heavy (non-hydrogen) atoms. The highest BCUT2D eigenvalue weighted by Gasteiger charge is 2.19. The van der Waals surface area contributed by atoms with E-state index in [4.69, 9.17) is 5.11 Å². The van der Waals surface area contributed by atoms with Gasteiger partial charge >= 0.3 is 5.97 Å². The first-order chi connectivity index (χ1) is 7.26. The fourth-order valence-corrected chi connectivity index (χ4v) is 1.55. The number of amides is 1. The number of hydrogen-bond acceptors (Lipinski definition) is 3. The summed E-state index contributed by atoms with van der Waals surface area (Å²) in [6.07, 6.45) is 1.72. The molecule has 1 amide bonds. The number of rotatable bonds is 6. The van der Waals surface area contributed by atoms with Crippen LogP contribution in [0.4, 0.5) is 0 Å². The Morgan fingerprint density at radius 1 is 1.50 bits per heavy atom. The first kappa shape index (κ1) is 15.0. The lowest BCUT2D eigenvalue weighted by Gasteiger charge is -2.18. The number of aliphatic carboxylic acids is 1. The fraction of sp³-hybridized carbons (Fsp3) is 0.636. The van der Waals surface area contributed by atoms with Gasteiger partial charge in [0.1, 0.15) is 6.04 Å². The minimum Gasteiger partial charge on any atom is -0.480 e. The second kappa shape index (κ2) is 6.58. The predicted molar refractivity (Wildman–Crippen MR) is 66.6 cm³/mol. The Labute approximate surface area is 100 Å². The maximum Gasteiger partial charge on any atom is 0.326 e. The Morgan fingerprint density at radius 2 is 2.06 bits per heavy atom. The number of thioether (sulfide) groups is 1. The van der Waals surface area contributed by atoms with E-state index in [1.54, 1.807) is 0 Å². The van der Waals surface area contributed by atoms with Gasteiger partial charge in [-0.1, -0.05) is 26.8 Å².